The monoisotopic (exact) mass is 390 g/mol. The maximum absolute atomic E-state index is 12.1. The summed E-state index contributed by atoms with van der Waals surface area (Å²) in [5.74, 6) is 1.26. The van der Waals surface area contributed by atoms with Crippen molar-refractivity contribution in [2.75, 3.05) is 12.1 Å². The molecule has 3 rings (SSSR count). The molecule has 0 aliphatic carbocycles. The van der Waals surface area contributed by atoms with Crippen LogP contribution in [0.5, 0.6) is 11.5 Å². The van der Waals surface area contributed by atoms with Crippen LogP contribution in [0.4, 0.5) is 5.69 Å². The quantitative estimate of drug-likeness (QED) is 0.758. The summed E-state index contributed by atoms with van der Waals surface area (Å²) in [7, 11) is -3.54. The SMILES string of the molecule is CC(C)NS(=O)(=O)c1ccc(NC(=O)CCc2ccc3c(c2)OCO3)cc1. The summed E-state index contributed by atoms with van der Waals surface area (Å²) in [4.78, 5) is 12.3. The molecular formula is C19H22N2O5S. The van der Waals surface area contributed by atoms with Gasteiger partial charge in [-0.2, -0.15) is 0 Å². The molecule has 1 aliphatic rings. The van der Waals surface area contributed by atoms with Crippen molar-refractivity contribution in [1.29, 1.82) is 0 Å². The topological polar surface area (TPSA) is 93.7 Å². The van der Waals surface area contributed by atoms with Crippen LogP contribution >= 0.6 is 0 Å². The smallest absolute Gasteiger partial charge is 0.240 e. The minimum absolute atomic E-state index is 0.149. The van der Waals surface area contributed by atoms with Crippen molar-refractivity contribution in [2.24, 2.45) is 0 Å². The van der Waals surface area contributed by atoms with Gasteiger partial charge in [-0.1, -0.05) is 6.07 Å². The van der Waals surface area contributed by atoms with Gasteiger partial charge in [-0.05, 0) is 62.2 Å². The van der Waals surface area contributed by atoms with Crippen molar-refractivity contribution in [3.05, 3.63) is 48.0 Å². The third-order valence-electron chi connectivity index (χ3n) is 3.92. The first-order valence-electron chi connectivity index (χ1n) is 8.64. The number of carbonyl (C=O) groups excluding carboxylic acids is 1. The van der Waals surface area contributed by atoms with E-state index in [1.165, 1.54) is 12.1 Å². The summed E-state index contributed by atoms with van der Waals surface area (Å²) in [6.07, 6.45) is 0.863. The highest BCUT2D eigenvalue weighted by Crippen LogP contribution is 2.32. The molecule has 27 heavy (non-hydrogen) atoms. The fourth-order valence-corrected chi connectivity index (χ4v) is 3.92. The maximum atomic E-state index is 12.1. The maximum Gasteiger partial charge on any atom is 0.240 e. The van der Waals surface area contributed by atoms with Gasteiger partial charge in [0.25, 0.3) is 0 Å². The number of aryl methyl sites for hydroxylation is 1. The predicted octanol–water partition coefficient (Wildman–Crippen LogP) is 2.67. The van der Waals surface area contributed by atoms with Crippen LogP contribution in [0.2, 0.25) is 0 Å². The number of carbonyl (C=O) groups is 1. The van der Waals surface area contributed by atoms with E-state index in [4.69, 9.17) is 9.47 Å². The molecule has 1 heterocycles. The van der Waals surface area contributed by atoms with Crippen molar-refractivity contribution in [3.63, 3.8) is 0 Å². The van der Waals surface area contributed by atoms with Gasteiger partial charge in [0.05, 0.1) is 4.90 Å². The largest absolute Gasteiger partial charge is 0.454 e. The van der Waals surface area contributed by atoms with Crippen molar-refractivity contribution in [3.8, 4) is 11.5 Å². The molecule has 0 saturated heterocycles. The lowest BCUT2D eigenvalue weighted by atomic mass is 10.1. The van der Waals surface area contributed by atoms with Gasteiger partial charge in [-0.15, -0.1) is 0 Å². The molecule has 0 fully saturated rings. The zero-order valence-corrected chi connectivity index (χ0v) is 16.0. The molecule has 0 saturated carbocycles. The molecule has 0 spiro atoms. The molecule has 0 unspecified atom stereocenters. The molecule has 1 amide bonds. The molecule has 0 atom stereocenters. The first kappa shape index (κ1) is 19.2. The van der Waals surface area contributed by atoms with E-state index < -0.39 is 10.0 Å². The van der Waals surface area contributed by atoms with Gasteiger partial charge in [-0.3, -0.25) is 4.79 Å². The summed E-state index contributed by atoms with van der Waals surface area (Å²) < 4.78 is 37.3. The molecule has 1 aliphatic heterocycles. The number of nitrogens with one attached hydrogen (secondary N) is 2. The Morgan fingerprint density at radius 3 is 2.48 bits per heavy atom. The molecule has 2 aromatic rings. The average molecular weight is 390 g/mol. The lowest BCUT2D eigenvalue weighted by molar-refractivity contribution is -0.116. The van der Waals surface area contributed by atoms with Crippen LogP contribution in [0.25, 0.3) is 0 Å². The fourth-order valence-electron chi connectivity index (χ4n) is 2.67. The van der Waals surface area contributed by atoms with Crippen LogP contribution in [0.1, 0.15) is 25.8 Å². The van der Waals surface area contributed by atoms with Gasteiger partial charge in [-0.25, -0.2) is 13.1 Å². The van der Waals surface area contributed by atoms with E-state index >= 15 is 0 Å². The summed E-state index contributed by atoms with van der Waals surface area (Å²) in [5, 5.41) is 2.77. The second kappa shape index (κ2) is 7.98. The normalized spacial score (nSPS) is 13.0. The van der Waals surface area contributed by atoms with E-state index in [0.717, 1.165) is 5.56 Å². The van der Waals surface area contributed by atoms with Gasteiger partial charge < -0.3 is 14.8 Å². The number of sulfonamides is 1. The Hall–Kier alpha value is -2.58. The third kappa shape index (κ3) is 4.99. The summed E-state index contributed by atoms with van der Waals surface area (Å²) in [6, 6.07) is 11.5. The van der Waals surface area contributed by atoms with Crippen molar-refractivity contribution < 1.29 is 22.7 Å². The second-order valence-electron chi connectivity index (χ2n) is 6.54. The molecule has 0 bridgehead atoms. The van der Waals surface area contributed by atoms with Gasteiger partial charge in [0, 0.05) is 18.2 Å². The zero-order chi connectivity index (χ0) is 19.4. The zero-order valence-electron chi connectivity index (χ0n) is 15.2. The number of ether oxygens (including phenoxy) is 2. The first-order valence-corrected chi connectivity index (χ1v) is 10.1. The lowest BCUT2D eigenvalue weighted by Crippen LogP contribution is -2.30. The highest BCUT2D eigenvalue weighted by molar-refractivity contribution is 7.89. The van der Waals surface area contributed by atoms with E-state index in [-0.39, 0.29) is 23.6 Å². The predicted molar refractivity (Wildman–Crippen MR) is 101 cm³/mol. The molecule has 0 aromatic heterocycles. The molecule has 2 aromatic carbocycles. The number of anilines is 1. The van der Waals surface area contributed by atoms with Crippen molar-refractivity contribution in [2.45, 2.75) is 37.6 Å². The number of rotatable bonds is 7. The summed E-state index contributed by atoms with van der Waals surface area (Å²) in [6.45, 7) is 3.73. The van der Waals surface area contributed by atoms with E-state index in [2.05, 4.69) is 10.0 Å². The Morgan fingerprint density at radius 2 is 1.78 bits per heavy atom. The molecule has 7 nitrogen and oxygen atoms in total. The van der Waals surface area contributed by atoms with E-state index in [1.807, 2.05) is 18.2 Å². The molecule has 144 valence electrons. The van der Waals surface area contributed by atoms with Crippen LogP contribution < -0.4 is 19.5 Å². The van der Waals surface area contributed by atoms with Crippen LogP contribution in [0.3, 0.4) is 0 Å². The molecule has 8 heteroatoms. The van der Waals surface area contributed by atoms with E-state index in [1.54, 1.807) is 26.0 Å². The highest BCUT2D eigenvalue weighted by atomic mass is 32.2. The Kier molecular flexibility index (Phi) is 5.67. The Morgan fingerprint density at radius 1 is 1.07 bits per heavy atom. The molecule has 2 N–H and O–H groups in total. The Labute approximate surface area is 158 Å². The van der Waals surface area contributed by atoms with Gasteiger partial charge in [0.2, 0.25) is 22.7 Å². The van der Waals surface area contributed by atoms with E-state index in [0.29, 0.717) is 30.0 Å². The first-order chi connectivity index (χ1) is 12.8. The van der Waals surface area contributed by atoms with Crippen LogP contribution in [0, 0.1) is 0 Å². The summed E-state index contributed by atoms with van der Waals surface area (Å²) >= 11 is 0. The van der Waals surface area contributed by atoms with Crippen molar-refractivity contribution >= 4 is 21.6 Å². The van der Waals surface area contributed by atoms with Crippen LogP contribution in [0.15, 0.2) is 47.4 Å². The second-order valence-corrected chi connectivity index (χ2v) is 8.25. The fraction of sp³-hybridized carbons (Fsp3) is 0.316. The third-order valence-corrected chi connectivity index (χ3v) is 5.59. The van der Waals surface area contributed by atoms with Gasteiger partial charge >= 0.3 is 0 Å². The summed E-state index contributed by atoms with van der Waals surface area (Å²) in [5.41, 5.74) is 1.53. The Balaban J connectivity index is 1.55. The average Bonchev–Trinajstić information content (AvgIpc) is 3.07. The highest BCUT2D eigenvalue weighted by Gasteiger charge is 2.16. The lowest BCUT2D eigenvalue weighted by Gasteiger charge is -2.10. The standard InChI is InChI=1S/C19H22N2O5S/c1-13(2)21-27(23,24)16-7-5-15(6-8-16)20-19(22)10-4-14-3-9-17-18(11-14)26-12-25-17/h3,5-9,11,13,21H,4,10,12H2,1-2H3,(H,20,22). The van der Waals surface area contributed by atoms with Crippen LogP contribution in [-0.4, -0.2) is 27.2 Å². The molecule has 0 radical (unpaired) electrons. The number of hydrogen-bond donors (Lipinski definition) is 2. The number of fused-ring (bicyclic) bond motifs is 1. The van der Waals surface area contributed by atoms with Crippen molar-refractivity contribution in [1.82, 2.24) is 4.72 Å². The number of benzene rings is 2. The molecular weight excluding hydrogens is 368 g/mol. The van der Waals surface area contributed by atoms with Gasteiger partial charge in [0.15, 0.2) is 11.5 Å². The van der Waals surface area contributed by atoms with Crippen LogP contribution in [-0.2, 0) is 21.2 Å². The minimum Gasteiger partial charge on any atom is -0.454 e. The van der Waals surface area contributed by atoms with E-state index in [9.17, 15) is 13.2 Å². The Bertz CT molecular complexity index is 924. The number of hydrogen-bond acceptors (Lipinski definition) is 5. The number of amides is 1. The minimum atomic E-state index is -3.54. The van der Waals surface area contributed by atoms with Gasteiger partial charge in [0.1, 0.15) is 0 Å².